The van der Waals surface area contributed by atoms with Crippen molar-refractivity contribution in [2.24, 2.45) is 5.92 Å². The van der Waals surface area contributed by atoms with Gasteiger partial charge in [0.25, 0.3) is 5.56 Å². The summed E-state index contributed by atoms with van der Waals surface area (Å²) in [6, 6.07) is 12.0. The lowest BCUT2D eigenvalue weighted by molar-refractivity contribution is 0.170. The maximum Gasteiger partial charge on any atom is 0.258 e. The van der Waals surface area contributed by atoms with Crippen LogP contribution >= 0.6 is 11.6 Å². The second kappa shape index (κ2) is 7.57. The third kappa shape index (κ3) is 3.64. The van der Waals surface area contributed by atoms with E-state index in [2.05, 4.69) is 54.2 Å². The minimum absolute atomic E-state index is 0.125. The molecule has 0 saturated carbocycles. The van der Waals surface area contributed by atoms with Gasteiger partial charge in [0.1, 0.15) is 5.65 Å². The minimum Gasteiger partial charge on any atom is -0.379 e. The van der Waals surface area contributed by atoms with E-state index < -0.39 is 0 Å². The molecule has 5 nitrogen and oxygen atoms in total. The van der Waals surface area contributed by atoms with E-state index in [9.17, 15) is 4.79 Å². The minimum atomic E-state index is -0.125. The molecule has 1 unspecified atom stereocenters. The number of halogens is 1. The van der Waals surface area contributed by atoms with Gasteiger partial charge in [0.15, 0.2) is 0 Å². The second-order valence-corrected chi connectivity index (χ2v) is 8.28. The summed E-state index contributed by atoms with van der Waals surface area (Å²) in [6.45, 7) is 9.27. The number of aromatic nitrogens is 2. The highest BCUT2D eigenvalue weighted by molar-refractivity contribution is 6.30. The Morgan fingerprint density at radius 2 is 2.00 bits per heavy atom. The summed E-state index contributed by atoms with van der Waals surface area (Å²) in [5, 5.41) is 4.01. The maximum atomic E-state index is 12.4. The molecule has 1 aliphatic heterocycles. The Morgan fingerprint density at radius 3 is 2.79 bits per heavy atom. The van der Waals surface area contributed by atoms with Crippen molar-refractivity contribution in [1.82, 2.24) is 14.3 Å². The number of benzene rings is 1. The van der Waals surface area contributed by atoms with E-state index in [1.54, 1.807) is 24.4 Å². The monoisotopic (exact) mass is 396 g/mol. The van der Waals surface area contributed by atoms with Crippen LogP contribution in [-0.4, -0.2) is 20.3 Å². The lowest BCUT2D eigenvalue weighted by Gasteiger charge is -2.27. The van der Waals surface area contributed by atoms with Crippen molar-refractivity contribution in [2.45, 2.75) is 46.4 Å². The zero-order valence-electron chi connectivity index (χ0n) is 16.4. The zero-order chi connectivity index (χ0) is 19.8. The van der Waals surface area contributed by atoms with Crippen LogP contribution in [0.2, 0.25) is 5.02 Å². The molecule has 146 valence electrons. The quantitative estimate of drug-likeness (QED) is 0.697. The molecule has 0 fully saturated rings. The van der Waals surface area contributed by atoms with E-state index in [4.69, 9.17) is 11.6 Å². The number of fused-ring (bicyclic) bond motifs is 2. The molecule has 0 saturated heterocycles. The summed E-state index contributed by atoms with van der Waals surface area (Å²) in [7, 11) is 0. The van der Waals surface area contributed by atoms with Gasteiger partial charge in [-0.2, -0.15) is 0 Å². The van der Waals surface area contributed by atoms with Crippen LogP contribution in [0.5, 0.6) is 0 Å². The summed E-state index contributed by atoms with van der Waals surface area (Å²) in [5.41, 5.74) is 5.03. The number of hydrogen-bond donors (Lipinski definition) is 1. The largest absolute Gasteiger partial charge is 0.379 e. The molecule has 2 aromatic heterocycles. The smallest absolute Gasteiger partial charge is 0.258 e. The molecule has 0 aliphatic carbocycles. The Kier molecular flexibility index (Phi) is 5.13. The van der Waals surface area contributed by atoms with Gasteiger partial charge in [-0.15, -0.1) is 0 Å². The van der Waals surface area contributed by atoms with Crippen molar-refractivity contribution in [3.8, 4) is 0 Å². The third-order valence-electron chi connectivity index (χ3n) is 5.68. The lowest BCUT2D eigenvalue weighted by Crippen LogP contribution is -2.32. The first-order valence-electron chi connectivity index (χ1n) is 9.69. The Labute approximate surface area is 170 Å². The van der Waals surface area contributed by atoms with Gasteiger partial charge < -0.3 is 5.32 Å². The number of hydrogen-bond acceptors (Lipinski definition) is 4. The fraction of sp³-hybridized carbons (Fsp3) is 0.364. The highest BCUT2D eigenvalue weighted by Crippen LogP contribution is 2.32. The van der Waals surface area contributed by atoms with Crippen LogP contribution in [0.25, 0.3) is 5.65 Å². The molecule has 6 heteroatoms. The first-order valence-corrected chi connectivity index (χ1v) is 10.1. The fourth-order valence-corrected chi connectivity index (χ4v) is 3.89. The molecule has 1 aromatic carbocycles. The number of pyridine rings is 1. The van der Waals surface area contributed by atoms with Crippen molar-refractivity contribution in [2.75, 3.05) is 5.32 Å². The van der Waals surface area contributed by atoms with Crippen molar-refractivity contribution < 1.29 is 0 Å². The number of anilines is 1. The molecule has 28 heavy (non-hydrogen) atoms. The van der Waals surface area contributed by atoms with E-state index in [-0.39, 0.29) is 5.56 Å². The summed E-state index contributed by atoms with van der Waals surface area (Å²) in [5.74, 6) is 0.619. The van der Waals surface area contributed by atoms with E-state index in [0.717, 1.165) is 24.5 Å². The van der Waals surface area contributed by atoms with Gasteiger partial charge in [0.05, 0.1) is 17.3 Å². The van der Waals surface area contributed by atoms with Crippen LogP contribution in [0.4, 0.5) is 5.69 Å². The molecule has 0 radical (unpaired) electrons. The van der Waals surface area contributed by atoms with E-state index in [0.29, 0.717) is 29.2 Å². The van der Waals surface area contributed by atoms with Crippen LogP contribution in [-0.2, 0) is 19.6 Å². The molecule has 0 bridgehead atoms. The third-order valence-corrected chi connectivity index (χ3v) is 5.91. The van der Waals surface area contributed by atoms with Gasteiger partial charge in [-0.1, -0.05) is 37.6 Å². The molecule has 1 N–H and O–H groups in total. The van der Waals surface area contributed by atoms with Crippen LogP contribution in [0.1, 0.15) is 37.6 Å². The molecule has 0 amide bonds. The summed E-state index contributed by atoms with van der Waals surface area (Å²) in [6.07, 6.45) is 1.60. The normalized spacial score (nSPS) is 15.2. The average Bonchev–Trinajstić information content (AvgIpc) is 3.11. The van der Waals surface area contributed by atoms with Gasteiger partial charge in [0.2, 0.25) is 0 Å². The lowest BCUT2D eigenvalue weighted by atomic mass is 10.1. The Hall–Kier alpha value is -2.37. The number of rotatable bonds is 5. The molecular weight excluding hydrogens is 372 g/mol. The maximum absolute atomic E-state index is 12.4. The Bertz CT molecular complexity index is 1080. The van der Waals surface area contributed by atoms with Gasteiger partial charge in [-0.3, -0.25) is 14.1 Å². The fourth-order valence-electron chi connectivity index (χ4n) is 3.72. The van der Waals surface area contributed by atoms with Crippen molar-refractivity contribution >= 4 is 22.9 Å². The molecule has 3 aromatic rings. The predicted octanol–water partition coefficient (Wildman–Crippen LogP) is 4.32. The Balaban J connectivity index is 1.55. The second-order valence-electron chi connectivity index (χ2n) is 7.85. The van der Waals surface area contributed by atoms with Crippen molar-refractivity contribution in [3.63, 3.8) is 0 Å². The zero-order valence-corrected chi connectivity index (χ0v) is 17.2. The summed E-state index contributed by atoms with van der Waals surface area (Å²) in [4.78, 5) is 19.5. The van der Waals surface area contributed by atoms with Crippen molar-refractivity contribution in [1.29, 1.82) is 0 Å². The molecule has 1 atom stereocenters. The molecule has 4 rings (SSSR count). The highest BCUT2D eigenvalue weighted by Gasteiger charge is 2.26. The standard InChI is InChI=1S/C22H25ClN4O/c1-14(2)15(3)26-11-16-5-4-6-20(19(16)13-26)24-10-18-9-22(28)27-12-17(23)7-8-21(27)25-18/h4-9,12,14-15,24H,10-11,13H2,1-3H3. The number of nitrogens with one attached hydrogen (secondary N) is 1. The first-order chi connectivity index (χ1) is 13.4. The molecule has 0 spiro atoms. The van der Waals surface area contributed by atoms with E-state index >= 15 is 0 Å². The van der Waals surface area contributed by atoms with Gasteiger partial charge in [-0.25, -0.2) is 4.98 Å². The van der Waals surface area contributed by atoms with Gasteiger partial charge >= 0.3 is 0 Å². The highest BCUT2D eigenvalue weighted by atomic mass is 35.5. The van der Waals surface area contributed by atoms with E-state index in [1.165, 1.54) is 15.5 Å². The Morgan fingerprint density at radius 1 is 1.18 bits per heavy atom. The summed E-state index contributed by atoms with van der Waals surface area (Å²) < 4.78 is 1.47. The molecule has 1 aliphatic rings. The molecular formula is C22H25ClN4O. The first kappa shape index (κ1) is 19.0. The van der Waals surface area contributed by atoms with E-state index in [1.807, 2.05) is 0 Å². The van der Waals surface area contributed by atoms with Crippen LogP contribution in [0.3, 0.4) is 0 Å². The van der Waals surface area contributed by atoms with Gasteiger partial charge in [0, 0.05) is 37.1 Å². The summed E-state index contributed by atoms with van der Waals surface area (Å²) >= 11 is 5.98. The average molecular weight is 397 g/mol. The SMILES string of the molecule is CC(C)C(C)N1Cc2cccc(NCc3cc(=O)n4cc(Cl)ccc4n3)c2C1. The van der Waals surface area contributed by atoms with Gasteiger partial charge in [-0.05, 0) is 42.2 Å². The topological polar surface area (TPSA) is 49.6 Å². The van der Waals surface area contributed by atoms with Crippen LogP contribution < -0.4 is 10.9 Å². The number of nitrogens with zero attached hydrogens (tertiary/aromatic N) is 3. The molecule has 3 heterocycles. The predicted molar refractivity (Wildman–Crippen MR) is 114 cm³/mol. The van der Waals surface area contributed by atoms with Crippen molar-refractivity contribution in [3.05, 3.63) is 74.8 Å². The van der Waals surface area contributed by atoms with Crippen LogP contribution in [0, 0.1) is 5.92 Å². The van der Waals surface area contributed by atoms with Crippen LogP contribution in [0.15, 0.2) is 47.4 Å².